The maximum absolute atomic E-state index is 10.9. The SMILES string of the molecule is O=C(/C=C/c1ccc(CNCCn2ccc3cccnc32)cc1)NO. The largest absolute Gasteiger partial charge is 0.331 e. The van der Waals surface area contributed by atoms with Gasteiger partial charge in [-0.05, 0) is 35.4 Å². The Morgan fingerprint density at radius 1 is 1.20 bits per heavy atom. The number of fused-ring (bicyclic) bond motifs is 1. The molecule has 2 aromatic heterocycles. The summed E-state index contributed by atoms with van der Waals surface area (Å²) in [4.78, 5) is 15.3. The number of aromatic nitrogens is 2. The Morgan fingerprint density at radius 2 is 2.04 bits per heavy atom. The molecule has 3 N–H and O–H groups in total. The minimum atomic E-state index is -0.544. The molecule has 0 aliphatic carbocycles. The summed E-state index contributed by atoms with van der Waals surface area (Å²) in [6.45, 7) is 2.48. The average molecular weight is 336 g/mol. The molecule has 0 unspecified atom stereocenters. The van der Waals surface area contributed by atoms with Crippen molar-refractivity contribution in [3.05, 3.63) is 72.1 Å². The molecule has 0 spiro atoms. The van der Waals surface area contributed by atoms with Crippen LogP contribution in [0.4, 0.5) is 0 Å². The van der Waals surface area contributed by atoms with Gasteiger partial charge in [-0.15, -0.1) is 0 Å². The molecule has 6 nitrogen and oxygen atoms in total. The summed E-state index contributed by atoms with van der Waals surface area (Å²) < 4.78 is 2.14. The summed E-state index contributed by atoms with van der Waals surface area (Å²) >= 11 is 0. The van der Waals surface area contributed by atoms with Gasteiger partial charge in [-0.3, -0.25) is 10.0 Å². The van der Waals surface area contributed by atoms with Crippen LogP contribution in [0.25, 0.3) is 17.1 Å². The smallest absolute Gasteiger partial charge is 0.267 e. The molecule has 3 aromatic rings. The lowest BCUT2D eigenvalue weighted by atomic mass is 10.1. The van der Waals surface area contributed by atoms with Gasteiger partial charge in [0.15, 0.2) is 0 Å². The second-order valence-corrected chi connectivity index (χ2v) is 5.65. The second-order valence-electron chi connectivity index (χ2n) is 5.65. The van der Waals surface area contributed by atoms with Crippen molar-refractivity contribution in [1.82, 2.24) is 20.3 Å². The Morgan fingerprint density at radius 3 is 2.84 bits per heavy atom. The third kappa shape index (κ3) is 4.53. The molecule has 0 saturated heterocycles. The van der Waals surface area contributed by atoms with Crippen molar-refractivity contribution in [2.24, 2.45) is 0 Å². The fourth-order valence-corrected chi connectivity index (χ4v) is 2.59. The highest BCUT2D eigenvalue weighted by Gasteiger charge is 2.00. The molecule has 3 rings (SSSR count). The quantitative estimate of drug-likeness (QED) is 0.268. The average Bonchev–Trinajstić information content (AvgIpc) is 3.07. The highest BCUT2D eigenvalue weighted by atomic mass is 16.5. The molecule has 6 heteroatoms. The van der Waals surface area contributed by atoms with Crippen molar-refractivity contribution < 1.29 is 10.0 Å². The highest BCUT2D eigenvalue weighted by molar-refractivity contribution is 5.90. The first-order valence-corrected chi connectivity index (χ1v) is 8.08. The van der Waals surface area contributed by atoms with Gasteiger partial charge >= 0.3 is 0 Å². The van der Waals surface area contributed by atoms with Crippen molar-refractivity contribution in [3.63, 3.8) is 0 Å². The molecule has 0 fully saturated rings. The van der Waals surface area contributed by atoms with Crippen molar-refractivity contribution >= 4 is 23.0 Å². The van der Waals surface area contributed by atoms with Gasteiger partial charge in [-0.25, -0.2) is 10.5 Å². The fraction of sp³-hybridized carbons (Fsp3) is 0.158. The Hall–Kier alpha value is -2.96. The molecule has 1 aromatic carbocycles. The van der Waals surface area contributed by atoms with Gasteiger partial charge in [-0.1, -0.05) is 24.3 Å². The number of hydrogen-bond acceptors (Lipinski definition) is 4. The van der Waals surface area contributed by atoms with Crippen LogP contribution in [0.1, 0.15) is 11.1 Å². The lowest BCUT2D eigenvalue weighted by Crippen LogP contribution is -2.19. The van der Waals surface area contributed by atoms with E-state index in [1.165, 1.54) is 11.6 Å². The fourth-order valence-electron chi connectivity index (χ4n) is 2.59. The van der Waals surface area contributed by atoms with E-state index in [0.717, 1.165) is 36.2 Å². The monoisotopic (exact) mass is 336 g/mol. The van der Waals surface area contributed by atoms with Crippen molar-refractivity contribution in [1.29, 1.82) is 0 Å². The Labute approximate surface area is 145 Å². The highest BCUT2D eigenvalue weighted by Crippen LogP contribution is 2.11. The van der Waals surface area contributed by atoms with Crippen LogP contribution in [-0.4, -0.2) is 27.2 Å². The van der Waals surface area contributed by atoms with Crippen LogP contribution in [0.2, 0.25) is 0 Å². The van der Waals surface area contributed by atoms with Gasteiger partial charge in [0.25, 0.3) is 5.91 Å². The van der Waals surface area contributed by atoms with E-state index in [2.05, 4.69) is 33.2 Å². The van der Waals surface area contributed by atoms with Gasteiger partial charge < -0.3 is 9.88 Å². The molecular formula is C19H20N4O2. The van der Waals surface area contributed by atoms with E-state index in [9.17, 15) is 4.79 Å². The number of carbonyl (C=O) groups excluding carboxylic acids is 1. The number of pyridine rings is 1. The first-order valence-electron chi connectivity index (χ1n) is 8.08. The summed E-state index contributed by atoms with van der Waals surface area (Å²) in [5.74, 6) is -0.544. The first-order chi connectivity index (χ1) is 12.3. The topological polar surface area (TPSA) is 79.2 Å². The standard InChI is InChI=1S/C19H20N4O2/c24-18(22-25)8-7-15-3-5-16(6-4-15)14-20-11-13-23-12-9-17-2-1-10-21-19(17)23/h1-10,12,20,25H,11,13-14H2,(H,22,24)/b8-7+. The van der Waals surface area contributed by atoms with E-state index in [-0.39, 0.29) is 0 Å². The molecule has 128 valence electrons. The molecule has 0 aliphatic heterocycles. The number of rotatable bonds is 7. The number of nitrogens with zero attached hydrogens (tertiary/aromatic N) is 2. The Balaban J connectivity index is 1.47. The van der Waals surface area contributed by atoms with Crippen molar-refractivity contribution in [3.8, 4) is 0 Å². The summed E-state index contributed by atoms with van der Waals surface area (Å²) in [6.07, 6.45) is 6.80. The zero-order valence-electron chi connectivity index (χ0n) is 13.7. The third-order valence-electron chi connectivity index (χ3n) is 3.90. The van der Waals surface area contributed by atoms with Crippen LogP contribution in [-0.2, 0) is 17.9 Å². The number of nitrogens with one attached hydrogen (secondary N) is 2. The molecule has 0 bridgehead atoms. The molecule has 0 aliphatic rings. The van der Waals surface area contributed by atoms with Crippen LogP contribution in [0, 0.1) is 0 Å². The van der Waals surface area contributed by atoms with Crippen LogP contribution >= 0.6 is 0 Å². The number of hydrogen-bond donors (Lipinski definition) is 3. The summed E-state index contributed by atoms with van der Waals surface area (Å²) in [6, 6.07) is 14.0. The Kier molecular flexibility index (Phi) is 5.56. The van der Waals surface area contributed by atoms with E-state index < -0.39 is 5.91 Å². The van der Waals surface area contributed by atoms with E-state index in [1.54, 1.807) is 11.6 Å². The number of amides is 1. The maximum atomic E-state index is 10.9. The van der Waals surface area contributed by atoms with Gasteiger partial charge in [-0.2, -0.15) is 0 Å². The molecular weight excluding hydrogens is 316 g/mol. The lowest BCUT2D eigenvalue weighted by molar-refractivity contribution is -0.124. The lowest BCUT2D eigenvalue weighted by Gasteiger charge is -2.07. The van der Waals surface area contributed by atoms with Gasteiger partial charge in [0, 0.05) is 43.5 Å². The van der Waals surface area contributed by atoms with Gasteiger partial charge in [0.05, 0.1) is 0 Å². The van der Waals surface area contributed by atoms with E-state index in [4.69, 9.17) is 5.21 Å². The number of hydroxylamine groups is 1. The summed E-state index contributed by atoms with van der Waals surface area (Å²) in [5.41, 5.74) is 4.63. The zero-order valence-corrected chi connectivity index (χ0v) is 13.7. The van der Waals surface area contributed by atoms with E-state index in [0.29, 0.717) is 0 Å². The van der Waals surface area contributed by atoms with Crippen LogP contribution in [0.15, 0.2) is 60.9 Å². The first kappa shape index (κ1) is 16.9. The van der Waals surface area contributed by atoms with Crippen molar-refractivity contribution in [2.75, 3.05) is 6.54 Å². The number of carbonyl (C=O) groups is 1. The van der Waals surface area contributed by atoms with E-state index in [1.807, 2.05) is 36.5 Å². The normalized spacial score (nSPS) is 11.2. The number of benzene rings is 1. The summed E-state index contributed by atoms with van der Waals surface area (Å²) in [5, 5.41) is 13.0. The molecule has 1 amide bonds. The third-order valence-corrected chi connectivity index (χ3v) is 3.90. The molecule has 0 atom stereocenters. The maximum Gasteiger partial charge on any atom is 0.267 e. The van der Waals surface area contributed by atoms with Crippen LogP contribution < -0.4 is 10.8 Å². The molecule has 2 heterocycles. The minimum absolute atomic E-state index is 0.544. The van der Waals surface area contributed by atoms with Gasteiger partial charge in [0.2, 0.25) is 0 Å². The zero-order chi connectivity index (χ0) is 17.5. The second kappa shape index (κ2) is 8.23. The minimum Gasteiger partial charge on any atom is -0.331 e. The van der Waals surface area contributed by atoms with Crippen molar-refractivity contribution in [2.45, 2.75) is 13.1 Å². The summed E-state index contributed by atoms with van der Waals surface area (Å²) in [7, 11) is 0. The van der Waals surface area contributed by atoms with Crippen LogP contribution in [0.5, 0.6) is 0 Å². The Bertz CT molecular complexity index is 869. The molecule has 0 saturated carbocycles. The predicted molar refractivity (Wildman–Crippen MR) is 96.8 cm³/mol. The van der Waals surface area contributed by atoms with Crippen LogP contribution in [0.3, 0.4) is 0 Å². The molecule has 0 radical (unpaired) electrons. The predicted octanol–water partition coefficient (Wildman–Crippen LogP) is 2.34. The van der Waals surface area contributed by atoms with Gasteiger partial charge in [0.1, 0.15) is 5.65 Å². The molecule has 25 heavy (non-hydrogen) atoms. The van der Waals surface area contributed by atoms with E-state index >= 15 is 0 Å².